The molecule has 4 nitrogen and oxygen atoms in total. The van der Waals surface area contributed by atoms with Crippen LogP contribution in [0.5, 0.6) is 0 Å². The Bertz CT molecular complexity index is 500. The lowest BCUT2D eigenvalue weighted by Crippen LogP contribution is -2.22. The fourth-order valence-electron chi connectivity index (χ4n) is 2.17. The Labute approximate surface area is 111 Å². The molecule has 2 rings (SSSR count). The smallest absolute Gasteiger partial charge is 0.124 e. The van der Waals surface area contributed by atoms with Crippen molar-refractivity contribution < 1.29 is 14.6 Å². The summed E-state index contributed by atoms with van der Waals surface area (Å²) in [6.45, 7) is 1.55. The van der Waals surface area contributed by atoms with Crippen molar-refractivity contribution in [3.05, 3.63) is 35.1 Å². The van der Waals surface area contributed by atoms with Crippen LogP contribution >= 0.6 is 0 Å². The molecule has 1 saturated heterocycles. The SMILES string of the molecule is NCC#Cc1cc(F)ccc1CN1CC(O)C(O)C1. The van der Waals surface area contributed by atoms with E-state index in [-0.39, 0.29) is 12.4 Å². The molecule has 0 radical (unpaired) electrons. The average molecular weight is 264 g/mol. The summed E-state index contributed by atoms with van der Waals surface area (Å²) in [5.74, 6) is 5.21. The molecule has 1 aromatic rings. The second kappa shape index (κ2) is 6.13. The minimum absolute atomic E-state index is 0.219. The van der Waals surface area contributed by atoms with Gasteiger partial charge in [-0.25, -0.2) is 4.39 Å². The molecule has 0 saturated carbocycles. The molecule has 1 heterocycles. The first kappa shape index (κ1) is 14.0. The maximum Gasteiger partial charge on any atom is 0.124 e. The second-order valence-electron chi connectivity index (χ2n) is 4.64. The van der Waals surface area contributed by atoms with Gasteiger partial charge in [-0.3, -0.25) is 4.90 Å². The number of halogens is 1. The van der Waals surface area contributed by atoms with Gasteiger partial charge in [-0.05, 0) is 17.7 Å². The summed E-state index contributed by atoms with van der Waals surface area (Å²) in [7, 11) is 0. The van der Waals surface area contributed by atoms with Crippen molar-refractivity contribution in [2.45, 2.75) is 18.8 Å². The number of aliphatic hydroxyl groups is 2. The summed E-state index contributed by atoms with van der Waals surface area (Å²) in [5.41, 5.74) is 6.78. The van der Waals surface area contributed by atoms with Crippen LogP contribution in [0, 0.1) is 17.7 Å². The molecule has 0 amide bonds. The average Bonchev–Trinajstić information content (AvgIpc) is 2.68. The highest BCUT2D eigenvalue weighted by Crippen LogP contribution is 2.17. The van der Waals surface area contributed by atoms with Crippen molar-refractivity contribution in [3.63, 3.8) is 0 Å². The fraction of sp³-hybridized carbons (Fsp3) is 0.429. The monoisotopic (exact) mass is 264 g/mol. The Morgan fingerprint density at radius 1 is 1.32 bits per heavy atom. The zero-order chi connectivity index (χ0) is 13.8. The van der Waals surface area contributed by atoms with Crippen LogP contribution in [0.15, 0.2) is 18.2 Å². The van der Waals surface area contributed by atoms with E-state index >= 15 is 0 Å². The minimum Gasteiger partial charge on any atom is -0.389 e. The lowest BCUT2D eigenvalue weighted by atomic mass is 10.1. The Morgan fingerprint density at radius 2 is 2.00 bits per heavy atom. The topological polar surface area (TPSA) is 69.7 Å². The first-order valence-electron chi connectivity index (χ1n) is 6.16. The lowest BCUT2D eigenvalue weighted by molar-refractivity contribution is 0.0572. The highest BCUT2D eigenvalue weighted by molar-refractivity contribution is 5.42. The Balaban J connectivity index is 2.16. The number of nitrogens with two attached hydrogens (primary N) is 1. The molecule has 102 valence electrons. The molecule has 0 bridgehead atoms. The number of likely N-dealkylation sites (tertiary alicyclic amines) is 1. The van der Waals surface area contributed by atoms with Gasteiger partial charge in [0, 0.05) is 25.2 Å². The van der Waals surface area contributed by atoms with E-state index in [1.165, 1.54) is 12.1 Å². The fourth-order valence-corrected chi connectivity index (χ4v) is 2.17. The largest absolute Gasteiger partial charge is 0.389 e. The van der Waals surface area contributed by atoms with E-state index in [4.69, 9.17) is 5.73 Å². The summed E-state index contributed by atoms with van der Waals surface area (Å²) in [4.78, 5) is 1.91. The third kappa shape index (κ3) is 3.52. The van der Waals surface area contributed by atoms with Crippen LogP contribution in [0.25, 0.3) is 0 Å². The first-order valence-corrected chi connectivity index (χ1v) is 6.16. The van der Waals surface area contributed by atoms with Crippen molar-refractivity contribution in [2.75, 3.05) is 19.6 Å². The Hall–Kier alpha value is -1.45. The van der Waals surface area contributed by atoms with Gasteiger partial charge >= 0.3 is 0 Å². The molecule has 1 aliphatic rings. The van der Waals surface area contributed by atoms with Gasteiger partial charge in [0.15, 0.2) is 0 Å². The van der Waals surface area contributed by atoms with E-state index in [0.717, 1.165) is 5.56 Å². The minimum atomic E-state index is -0.723. The van der Waals surface area contributed by atoms with Gasteiger partial charge in [0.05, 0.1) is 18.8 Å². The molecule has 2 atom stereocenters. The van der Waals surface area contributed by atoms with E-state index in [2.05, 4.69) is 11.8 Å². The molecule has 0 spiro atoms. The van der Waals surface area contributed by atoms with Crippen LogP contribution in [0.1, 0.15) is 11.1 Å². The summed E-state index contributed by atoms with van der Waals surface area (Å²) in [6.07, 6.45) is -1.45. The van der Waals surface area contributed by atoms with E-state index < -0.39 is 12.2 Å². The molecule has 0 aromatic heterocycles. The van der Waals surface area contributed by atoms with Crippen LogP contribution in [0.2, 0.25) is 0 Å². The van der Waals surface area contributed by atoms with Gasteiger partial charge in [0.2, 0.25) is 0 Å². The predicted molar refractivity (Wildman–Crippen MR) is 69.6 cm³/mol. The van der Waals surface area contributed by atoms with Crippen molar-refractivity contribution >= 4 is 0 Å². The lowest BCUT2D eigenvalue weighted by Gasteiger charge is -2.15. The summed E-state index contributed by atoms with van der Waals surface area (Å²) in [5, 5.41) is 19.0. The number of hydrogen-bond acceptors (Lipinski definition) is 4. The molecule has 5 heteroatoms. The number of benzene rings is 1. The maximum absolute atomic E-state index is 13.2. The second-order valence-corrected chi connectivity index (χ2v) is 4.64. The predicted octanol–water partition coefficient (Wildman–Crippen LogP) is -0.327. The zero-order valence-electron chi connectivity index (χ0n) is 10.5. The third-order valence-electron chi connectivity index (χ3n) is 3.13. The summed E-state index contributed by atoms with van der Waals surface area (Å²) < 4.78 is 13.2. The van der Waals surface area contributed by atoms with Crippen molar-refractivity contribution in [1.29, 1.82) is 0 Å². The number of nitrogens with zero attached hydrogens (tertiary/aromatic N) is 1. The quantitative estimate of drug-likeness (QED) is 0.640. The number of β-amino-alcohol motifs (C(OH)–C–C–N with tert-alkyl or cyclic N) is 2. The first-order chi connectivity index (χ1) is 9.10. The molecule has 1 fully saturated rings. The van der Waals surface area contributed by atoms with E-state index in [1.807, 2.05) is 4.90 Å². The molecule has 1 aliphatic heterocycles. The highest BCUT2D eigenvalue weighted by Gasteiger charge is 2.29. The molecule has 1 aromatic carbocycles. The Morgan fingerprint density at radius 3 is 2.63 bits per heavy atom. The van der Waals surface area contributed by atoms with Gasteiger partial charge in [0.25, 0.3) is 0 Å². The van der Waals surface area contributed by atoms with Crippen LogP contribution in [-0.2, 0) is 6.54 Å². The highest BCUT2D eigenvalue weighted by atomic mass is 19.1. The van der Waals surface area contributed by atoms with Gasteiger partial charge in [-0.2, -0.15) is 0 Å². The van der Waals surface area contributed by atoms with E-state index in [1.54, 1.807) is 6.07 Å². The number of rotatable bonds is 2. The van der Waals surface area contributed by atoms with Crippen LogP contribution in [0.4, 0.5) is 4.39 Å². The third-order valence-corrected chi connectivity index (χ3v) is 3.13. The summed E-state index contributed by atoms with van der Waals surface area (Å²) >= 11 is 0. The van der Waals surface area contributed by atoms with Crippen molar-refractivity contribution in [3.8, 4) is 11.8 Å². The standard InChI is InChI=1S/C14H17FN2O2/c15-12-4-3-11(10(6-12)2-1-5-16)7-17-8-13(18)14(19)9-17/h3-4,6,13-14,18-19H,5,7-9,16H2. The van der Waals surface area contributed by atoms with Gasteiger partial charge in [-0.1, -0.05) is 17.9 Å². The summed E-state index contributed by atoms with van der Waals surface area (Å²) in [6, 6.07) is 4.43. The van der Waals surface area contributed by atoms with Crippen molar-refractivity contribution in [2.24, 2.45) is 5.73 Å². The number of aliphatic hydroxyl groups excluding tert-OH is 2. The van der Waals surface area contributed by atoms with Crippen molar-refractivity contribution in [1.82, 2.24) is 4.90 Å². The van der Waals surface area contributed by atoms with Crippen LogP contribution in [-0.4, -0.2) is 47.0 Å². The van der Waals surface area contributed by atoms with Gasteiger partial charge < -0.3 is 15.9 Å². The van der Waals surface area contributed by atoms with Gasteiger partial charge in [-0.15, -0.1) is 0 Å². The molecular formula is C14H17FN2O2. The van der Waals surface area contributed by atoms with Gasteiger partial charge in [0.1, 0.15) is 5.82 Å². The molecule has 4 N–H and O–H groups in total. The molecule has 0 aliphatic carbocycles. The Kier molecular flexibility index (Phi) is 4.51. The zero-order valence-corrected chi connectivity index (χ0v) is 10.5. The maximum atomic E-state index is 13.2. The van der Waals surface area contributed by atoms with E-state index in [0.29, 0.717) is 25.2 Å². The normalized spacial score (nSPS) is 23.2. The van der Waals surface area contributed by atoms with Crippen LogP contribution < -0.4 is 5.73 Å². The molecule has 19 heavy (non-hydrogen) atoms. The van der Waals surface area contributed by atoms with Crippen LogP contribution in [0.3, 0.4) is 0 Å². The molecular weight excluding hydrogens is 247 g/mol. The number of hydrogen-bond donors (Lipinski definition) is 3. The van der Waals surface area contributed by atoms with E-state index in [9.17, 15) is 14.6 Å². The molecule has 2 unspecified atom stereocenters.